The van der Waals surface area contributed by atoms with E-state index in [1.165, 1.54) is 35.0 Å². The van der Waals surface area contributed by atoms with Gasteiger partial charge < -0.3 is 4.74 Å². The molecule has 0 saturated heterocycles. The molecular formula is C17H17N3O5S2. The number of aromatic nitrogens is 1. The highest BCUT2D eigenvalue weighted by Gasteiger charge is 2.44. The van der Waals surface area contributed by atoms with Crippen molar-refractivity contribution in [2.75, 3.05) is 24.3 Å². The summed E-state index contributed by atoms with van der Waals surface area (Å²) in [5, 5.41) is 0. The van der Waals surface area contributed by atoms with Crippen molar-refractivity contribution in [3.8, 4) is 0 Å². The Labute approximate surface area is 161 Å². The lowest BCUT2D eigenvalue weighted by Gasteiger charge is -2.34. The van der Waals surface area contributed by atoms with Gasteiger partial charge in [-0.3, -0.25) is 4.79 Å². The summed E-state index contributed by atoms with van der Waals surface area (Å²) >= 11 is 1.48. The third kappa shape index (κ3) is 3.50. The normalized spacial score (nSPS) is 15.4. The average Bonchev–Trinajstić information content (AvgIpc) is 2.66. The first kappa shape index (κ1) is 19.2. The molecule has 10 heteroatoms. The number of pyridine rings is 1. The van der Waals surface area contributed by atoms with Crippen LogP contribution in [0.5, 0.6) is 0 Å². The molecule has 1 aromatic carbocycles. The molecule has 8 nitrogen and oxygen atoms in total. The predicted octanol–water partition coefficient (Wildman–Crippen LogP) is 2.63. The van der Waals surface area contributed by atoms with E-state index in [4.69, 9.17) is 4.74 Å². The van der Waals surface area contributed by atoms with Gasteiger partial charge >= 0.3 is 12.0 Å². The molecule has 3 rings (SSSR count). The molecule has 0 spiro atoms. The molecule has 2 heterocycles. The van der Waals surface area contributed by atoms with E-state index >= 15 is 0 Å². The molecule has 0 N–H and O–H groups in total. The van der Waals surface area contributed by atoms with E-state index in [0.717, 1.165) is 4.90 Å². The molecule has 1 aliphatic rings. The second kappa shape index (κ2) is 7.57. The number of hydrogen-bond donors (Lipinski definition) is 0. The number of esters is 1. The Morgan fingerprint density at radius 1 is 1.26 bits per heavy atom. The van der Waals surface area contributed by atoms with Crippen molar-refractivity contribution in [2.24, 2.45) is 0 Å². The van der Waals surface area contributed by atoms with E-state index in [-0.39, 0.29) is 17.3 Å². The van der Waals surface area contributed by atoms with Gasteiger partial charge in [0.2, 0.25) is 0 Å². The number of sulfonamides is 1. The minimum Gasteiger partial charge on any atom is -0.465 e. The smallest absolute Gasteiger partial charge is 0.344 e. The lowest BCUT2D eigenvalue weighted by Crippen LogP contribution is -2.51. The highest BCUT2D eigenvalue weighted by atomic mass is 32.2. The van der Waals surface area contributed by atoms with Crippen LogP contribution in [0, 0.1) is 0 Å². The number of rotatable bonds is 5. The first-order chi connectivity index (χ1) is 12.9. The van der Waals surface area contributed by atoms with Crippen molar-refractivity contribution in [1.82, 2.24) is 9.29 Å². The molecule has 0 radical (unpaired) electrons. The SMILES string of the molecule is CCOC(=O)CN1C(=O)N(c2cccc(SC)c2)c2ncccc2S1(=O)=O. The molecule has 2 amide bonds. The second-order valence-electron chi connectivity index (χ2n) is 5.46. The van der Waals surface area contributed by atoms with Crippen LogP contribution in [-0.4, -0.2) is 49.1 Å². The van der Waals surface area contributed by atoms with E-state index < -0.39 is 28.6 Å². The van der Waals surface area contributed by atoms with Crippen LogP contribution in [-0.2, 0) is 19.6 Å². The Kier molecular flexibility index (Phi) is 5.38. The van der Waals surface area contributed by atoms with Gasteiger partial charge in [0, 0.05) is 11.1 Å². The number of ether oxygens (including phenoxy) is 1. The van der Waals surface area contributed by atoms with Crippen molar-refractivity contribution in [1.29, 1.82) is 0 Å². The number of urea groups is 1. The fraction of sp³-hybridized carbons (Fsp3) is 0.235. The van der Waals surface area contributed by atoms with Gasteiger partial charge in [-0.15, -0.1) is 11.8 Å². The highest BCUT2D eigenvalue weighted by molar-refractivity contribution is 7.98. The molecule has 0 aliphatic carbocycles. The lowest BCUT2D eigenvalue weighted by molar-refractivity contribution is -0.142. The van der Waals surface area contributed by atoms with E-state index in [1.807, 2.05) is 12.3 Å². The van der Waals surface area contributed by atoms with Crippen LogP contribution in [0.3, 0.4) is 0 Å². The fourth-order valence-corrected chi connectivity index (χ4v) is 4.51. The number of fused-ring (bicyclic) bond motifs is 1. The molecule has 27 heavy (non-hydrogen) atoms. The third-order valence-corrected chi connectivity index (χ3v) is 6.29. The molecule has 1 aromatic heterocycles. The van der Waals surface area contributed by atoms with Crippen molar-refractivity contribution in [3.05, 3.63) is 42.6 Å². The van der Waals surface area contributed by atoms with Crippen molar-refractivity contribution >= 4 is 45.3 Å². The summed E-state index contributed by atoms with van der Waals surface area (Å²) in [5.41, 5.74) is 0.454. The maximum absolute atomic E-state index is 13.1. The maximum Gasteiger partial charge on any atom is 0.344 e. The highest BCUT2D eigenvalue weighted by Crippen LogP contribution is 2.38. The van der Waals surface area contributed by atoms with Crippen LogP contribution in [0.1, 0.15) is 6.92 Å². The standard InChI is InChI=1S/C17H17N3O5S2/c1-3-25-15(21)11-19-17(22)20(12-6-4-7-13(10-12)26-2)16-14(27(19,23)24)8-5-9-18-16/h4-10H,3,11H2,1-2H3. The molecule has 0 atom stereocenters. The van der Waals surface area contributed by atoms with E-state index in [1.54, 1.807) is 25.1 Å². The number of nitrogens with zero attached hydrogens (tertiary/aromatic N) is 3. The van der Waals surface area contributed by atoms with Gasteiger partial charge in [0.15, 0.2) is 5.82 Å². The van der Waals surface area contributed by atoms with E-state index in [2.05, 4.69) is 4.98 Å². The lowest BCUT2D eigenvalue weighted by atomic mass is 10.3. The molecule has 1 aliphatic heterocycles. The van der Waals surface area contributed by atoms with Gasteiger partial charge in [-0.1, -0.05) is 6.07 Å². The van der Waals surface area contributed by atoms with Crippen LogP contribution in [0.2, 0.25) is 0 Å². The Morgan fingerprint density at radius 2 is 2.04 bits per heavy atom. The number of carbonyl (C=O) groups excluding carboxylic acids is 2. The van der Waals surface area contributed by atoms with Gasteiger partial charge in [-0.25, -0.2) is 27.4 Å². The van der Waals surface area contributed by atoms with Gasteiger partial charge in [-0.05, 0) is 43.5 Å². The van der Waals surface area contributed by atoms with Gasteiger partial charge in [0.1, 0.15) is 11.4 Å². The maximum atomic E-state index is 13.1. The van der Waals surface area contributed by atoms with Crippen molar-refractivity contribution in [2.45, 2.75) is 16.7 Å². The Balaban J connectivity index is 2.15. The largest absolute Gasteiger partial charge is 0.465 e. The van der Waals surface area contributed by atoms with Gasteiger partial charge in [-0.2, -0.15) is 0 Å². The molecular weight excluding hydrogens is 390 g/mol. The Hall–Kier alpha value is -2.59. The van der Waals surface area contributed by atoms with Crippen LogP contribution >= 0.6 is 11.8 Å². The Bertz CT molecular complexity index is 994. The first-order valence-electron chi connectivity index (χ1n) is 8.01. The molecule has 0 unspecified atom stereocenters. The second-order valence-corrected chi connectivity index (χ2v) is 8.17. The summed E-state index contributed by atoms with van der Waals surface area (Å²) in [5.74, 6) is -0.805. The molecule has 0 saturated carbocycles. The van der Waals surface area contributed by atoms with E-state index in [9.17, 15) is 18.0 Å². The monoisotopic (exact) mass is 407 g/mol. The first-order valence-corrected chi connectivity index (χ1v) is 10.7. The topological polar surface area (TPSA) is 96.9 Å². The molecule has 2 aromatic rings. The van der Waals surface area contributed by atoms with Gasteiger partial charge in [0.25, 0.3) is 10.0 Å². The van der Waals surface area contributed by atoms with E-state index in [0.29, 0.717) is 9.99 Å². The number of benzene rings is 1. The molecule has 0 fully saturated rings. The zero-order valence-electron chi connectivity index (χ0n) is 14.7. The molecule has 0 bridgehead atoms. The zero-order valence-corrected chi connectivity index (χ0v) is 16.3. The summed E-state index contributed by atoms with van der Waals surface area (Å²) in [7, 11) is -4.23. The number of amides is 2. The number of thioether (sulfide) groups is 1. The minimum atomic E-state index is -4.23. The number of anilines is 2. The quantitative estimate of drug-likeness (QED) is 0.555. The summed E-state index contributed by atoms with van der Waals surface area (Å²) in [6, 6.07) is 8.99. The van der Waals surface area contributed by atoms with Crippen LogP contribution in [0.15, 0.2) is 52.4 Å². The van der Waals surface area contributed by atoms with Crippen LogP contribution in [0.25, 0.3) is 0 Å². The summed E-state index contributed by atoms with van der Waals surface area (Å²) in [6.45, 7) is 0.977. The fourth-order valence-electron chi connectivity index (χ4n) is 2.63. The third-order valence-electron chi connectivity index (χ3n) is 3.82. The predicted molar refractivity (Wildman–Crippen MR) is 101 cm³/mol. The summed E-state index contributed by atoms with van der Waals surface area (Å²) in [4.78, 5) is 31.0. The van der Waals surface area contributed by atoms with Crippen molar-refractivity contribution in [3.63, 3.8) is 0 Å². The summed E-state index contributed by atoms with van der Waals surface area (Å²) in [6.07, 6.45) is 3.30. The molecule has 142 valence electrons. The summed E-state index contributed by atoms with van der Waals surface area (Å²) < 4.78 is 31.1. The van der Waals surface area contributed by atoms with Crippen LogP contribution < -0.4 is 4.90 Å². The minimum absolute atomic E-state index is 0.000798. The number of hydrogen-bond acceptors (Lipinski definition) is 7. The zero-order chi connectivity index (χ0) is 19.6. The van der Waals surface area contributed by atoms with Crippen molar-refractivity contribution < 1.29 is 22.7 Å². The Morgan fingerprint density at radius 3 is 2.74 bits per heavy atom. The van der Waals surface area contributed by atoms with Gasteiger partial charge in [0.05, 0.1) is 12.3 Å². The number of carbonyl (C=O) groups is 2. The van der Waals surface area contributed by atoms with Crippen LogP contribution in [0.4, 0.5) is 16.3 Å². The average molecular weight is 407 g/mol.